The van der Waals surface area contributed by atoms with Crippen LogP contribution in [0, 0.1) is 0 Å². The summed E-state index contributed by atoms with van der Waals surface area (Å²) in [5, 5.41) is 0.0900. The van der Waals surface area contributed by atoms with Crippen LogP contribution in [-0.2, 0) is 10.0 Å². The molecule has 1 aliphatic rings. The zero-order chi connectivity index (χ0) is 11.6. The molecule has 0 amide bonds. The first-order chi connectivity index (χ1) is 7.58. The van der Waals surface area contributed by atoms with Gasteiger partial charge in [0.15, 0.2) is 5.03 Å². The van der Waals surface area contributed by atoms with Crippen molar-refractivity contribution in [2.45, 2.75) is 36.2 Å². The van der Waals surface area contributed by atoms with Crippen molar-refractivity contribution in [1.29, 1.82) is 0 Å². The fourth-order valence-electron chi connectivity index (χ4n) is 2.13. The lowest BCUT2D eigenvalue weighted by Crippen LogP contribution is -2.51. The Kier molecular flexibility index (Phi) is 4.54. The predicted octanol–water partition coefficient (Wildman–Crippen LogP) is 0.381. The van der Waals surface area contributed by atoms with E-state index in [2.05, 4.69) is 14.7 Å². The zero-order valence-corrected chi connectivity index (χ0v) is 11.0. The van der Waals surface area contributed by atoms with Crippen LogP contribution in [0.3, 0.4) is 0 Å². The molecule has 0 aromatic carbocycles. The molecule has 0 radical (unpaired) electrons. The number of sulfonamides is 1. The Hall–Kier alpha value is -0.630. The van der Waals surface area contributed by atoms with E-state index in [9.17, 15) is 8.42 Å². The summed E-state index contributed by atoms with van der Waals surface area (Å²) in [6.45, 7) is 0.334. The Morgan fingerprint density at radius 1 is 1.47 bits per heavy atom. The first-order valence-corrected chi connectivity index (χ1v) is 6.79. The topological polar surface area (TPSA) is 101 Å². The van der Waals surface area contributed by atoms with Gasteiger partial charge in [-0.3, -0.25) is 0 Å². The van der Waals surface area contributed by atoms with E-state index < -0.39 is 15.6 Å². The third-order valence-electron chi connectivity index (χ3n) is 3.06. The minimum Gasteiger partial charge on any atom is -0.335 e. The number of aromatic nitrogens is 2. The van der Waals surface area contributed by atoms with Crippen LogP contribution >= 0.6 is 12.4 Å². The number of nitrogens with two attached hydrogens (primary N) is 1. The van der Waals surface area contributed by atoms with Gasteiger partial charge >= 0.3 is 0 Å². The number of aromatic amines is 1. The fourth-order valence-corrected chi connectivity index (χ4v) is 3.50. The van der Waals surface area contributed by atoms with Crippen LogP contribution in [0.25, 0.3) is 0 Å². The summed E-state index contributed by atoms with van der Waals surface area (Å²) >= 11 is 0. The molecule has 1 aliphatic carbocycles. The van der Waals surface area contributed by atoms with Crippen molar-refractivity contribution in [3.63, 3.8) is 0 Å². The molecule has 0 aliphatic heterocycles. The van der Waals surface area contributed by atoms with Gasteiger partial charge in [-0.15, -0.1) is 12.4 Å². The smallest absolute Gasteiger partial charge is 0.258 e. The first-order valence-electron chi connectivity index (χ1n) is 5.30. The lowest BCUT2D eigenvalue weighted by atomic mass is 10.0. The van der Waals surface area contributed by atoms with Gasteiger partial charge in [-0.2, -0.15) is 0 Å². The van der Waals surface area contributed by atoms with Gasteiger partial charge in [0.05, 0.1) is 12.5 Å². The van der Waals surface area contributed by atoms with Gasteiger partial charge in [-0.25, -0.2) is 18.1 Å². The number of H-pyrrole nitrogens is 1. The van der Waals surface area contributed by atoms with Crippen LogP contribution in [0.5, 0.6) is 0 Å². The molecule has 98 valence electrons. The summed E-state index contributed by atoms with van der Waals surface area (Å²) in [4.78, 5) is 6.30. The molecule has 0 bridgehead atoms. The van der Waals surface area contributed by atoms with Crippen molar-refractivity contribution in [2.75, 3.05) is 6.54 Å². The number of rotatable bonds is 4. The molecule has 1 aromatic heterocycles. The number of nitrogens with zero attached hydrogens (tertiary/aromatic N) is 1. The van der Waals surface area contributed by atoms with Crippen molar-refractivity contribution in [2.24, 2.45) is 5.73 Å². The Morgan fingerprint density at radius 2 is 2.12 bits per heavy atom. The summed E-state index contributed by atoms with van der Waals surface area (Å²) in [6.07, 6.45) is 6.28. The van der Waals surface area contributed by atoms with E-state index in [1.54, 1.807) is 0 Å². The Morgan fingerprint density at radius 3 is 2.59 bits per heavy atom. The molecule has 1 fully saturated rings. The van der Waals surface area contributed by atoms with E-state index in [1.807, 2.05) is 0 Å². The highest BCUT2D eigenvalue weighted by atomic mass is 35.5. The third kappa shape index (κ3) is 2.98. The van der Waals surface area contributed by atoms with Gasteiger partial charge in [-0.1, -0.05) is 12.8 Å². The van der Waals surface area contributed by atoms with E-state index >= 15 is 0 Å². The highest BCUT2D eigenvalue weighted by molar-refractivity contribution is 7.89. The normalized spacial score (nSPS) is 18.9. The van der Waals surface area contributed by atoms with Gasteiger partial charge in [0, 0.05) is 12.1 Å². The molecule has 0 spiro atoms. The Balaban J connectivity index is 0.00000144. The number of halogens is 1. The molecular weight excluding hydrogens is 264 g/mol. The Labute approximate surface area is 107 Å². The minimum atomic E-state index is -3.52. The standard InChI is InChI=1S/C9H16N4O2S.ClH/c10-6-9(3-1-2-4-9)13-16(14,15)8-5-11-7-12-8;/h5,7,13H,1-4,6,10H2,(H,11,12);1H. The molecule has 8 heteroatoms. The quantitative estimate of drug-likeness (QED) is 0.742. The molecule has 4 N–H and O–H groups in total. The monoisotopic (exact) mass is 280 g/mol. The molecule has 0 unspecified atom stereocenters. The SMILES string of the molecule is Cl.NCC1(NS(=O)(=O)c2cnc[nH]2)CCCC1. The van der Waals surface area contributed by atoms with E-state index in [4.69, 9.17) is 5.73 Å². The van der Waals surface area contributed by atoms with Crippen molar-refractivity contribution in [3.8, 4) is 0 Å². The minimum absolute atomic E-state index is 0. The Bertz CT molecular complexity index is 440. The molecule has 0 atom stereocenters. The van der Waals surface area contributed by atoms with Gasteiger partial charge in [0.25, 0.3) is 10.0 Å². The van der Waals surface area contributed by atoms with Crippen molar-refractivity contribution >= 4 is 22.4 Å². The largest absolute Gasteiger partial charge is 0.335 e. The van der Waals surface area contributed by atoms with Gasteiger partial charge in [0.2, 0.25) is 0 Å². The van der Waals surface area contributed by atoms with E-state index in [0.717, 1.165) is 25.7 Å². The summed E-state index contributed by atoms with van der Waals surface area (Å²) in [6, 6.07) is 0. The van der Waals surface area contributed by atoms with Gasteiger partial charge in [0.1, 0.15) is 0 Å². The first kappa shape index (κ1) is 14.4. The van der Waals surface area contributed by atoms with Crippen molar-refractivity contribution in [1.82, 2.24) is 14.7 Å². The van der Waals surface area contributed by atoms with Crippen molar-refractivity contribution in [3.05, 3.63) is 12.5 Å². The number of imidazole rings is 1. The van der Waals surface area contributed by atoms with Crippen LogP contribution in [0.1, 0.15) is 25.7 Å². The number of nitrogens with one attached hydrogen (secondary N) is 2. The van der Waals surface area contributed by atoms with Crippen LogP contribution in [0.15, 0.2) is 17.6 Å². The second-order valence-electron chi connectivity index (χ2n) is 4.21. The average molecular weight is 281 g/mol. The molecule has 17 heavy (non-hydrogen) atoms. The van der Waals surface area contributed by atoms with Crippen LogP contribution < -0.4 is 10.5 Å². The molecule has 1 saturated carbocycles. The van der Waals surface area contributed by atoms with E-state index in [1.165, 1.54) is 12.5 Å². The second kappa shape index (κ2) is 5.34. The summed E-state index contributed by atoms with van der Waals surface area (Å²) in [7, 11) is -3.52. The molecule has 1 heterocycles. The number of hydrogen-bond acceptors (Lipinski definition) is 4. The van der Waals surface area contributed by atoms with E-state index in [0.29, 0.717) is 6.54 Å². The molecule has 1 aromatic rings. The van der Waals surface area contributed by atoms with Crippen LogP contribution in [0.4, 0.5) is 0 Å². The fraction of sp³-hybridized carbons (Fsp3) is 0.667. The predicted molar refractivity (Wildman–Crippen MR) is 66.4 cm³/mol. The van der Waals surface area contributed by atoms with Crippen molar-refractivity contribution < 1.29 is 8.42 Å². The maximum Gasteiger partial charge on any atom is 0.258 e. The lowest BCUT2D eigenvalue weighted by molar-refractivity contribution is 0.399. The lowest BCUT2D eigenvalue weighted by Gasteiger charge is -2.27. The molecular formula is C9H17ClN4O2S. The summed E-state index contributed by atoms with van der Waals surface area (Å²) in [5.41, 5.74) is 5.21. The second-order valence-corrected chi connectivity index (χ2v) is 5.86. The summed E-state index contributed by atoms with van der Waals surface area (Å²) in [5.74, 6) is 0. The average Bonchev–Trinajstić information content (AvgIpc) is 2.87. The van der Waals surface area contributed by atoms with Gasteiger partial charge < -0.3 is 10.7 Å². The maximum absolute atomic E-state index is 12.0. The third-order valence-corrected chi connectivity index (χ3v) is 4.57. The highest BCUT2D eigenvalue weighted by Gasteiger charge is 2.37. The summed E-state index contributed by atoms with van der Waals surface area (Å²) < 4.78 is 26.6. The number of hydrogen-bond donors (Lipinski definition) is 3. The van der Waals surface area contributed by atoms with E-state index in [-0.39, 0.29) is 17.4 Å². The molecule has 6 nitrogen and oxygen atoms in total. The van der Waals surface area contributed by atoms with Crippen LogP contribution in [-0.4, -0.2) is 30.5 Å². The molecule has 2 rings (SSSR count). The van der Waals surface area contributed by atoms with Gasteiger partial charge in [-0.05, 0) is 12.8 Å². The maximum atomic E-state index is 12.0. The zero-order valence-electron chi connectivity index (χ0n) is 9.35. The highest BCUT2D eigenvalue weighted by Crippen LogP contribution is 2.30. The van der Waals surface area contributed by atoms with Crippen LogP contribution in [0.2, 0.25) is 0 Å². The molecule has 0 saturated heterocycles.